The molecule has 116 valence electrons. The highest BCUT2D eigenvalue weighted by Crippen LogP contribution is 2.21. The highest BCUT2D eigenvalue weighted by Gasteiger charge is 2.20. The van der Waals surface area contributed by atoms with Crippen LogP contribution in [0.4, 0.5) is 0 Å². The molecule has 3 N–H and O–H groups in total. The van der Waals surface area contributed by atoms with Gasteiger partial charge in [-0.05, 0) is 30.7 Å². The highest BCUT2D eigenvalue weighted by molar-refractivity contribution is 5.06. The highest BCUT2D eigenvalue weighted by atomic mass is 15.1. The van der Waals surface area contributed by atoms with Gasteiger partial charge in [0.05, 0.1) is 18.1 Å². The monoisotopic (exact) mass is 280 g/mol. The van der Waals surface area contributed by atoms with Crippen LogP contribution in [0.5, 0.6) is 0 Å². The molecule has 0 saturated carbocycles. The molecule has 1 aromatic heterocycles. The second-order valence-corrected chi connectivity index (χ2v) is 6.36. The van der Waals surface area contributed by atoms with Gasteiger partial charge >= 0.3 is 0 Å². The van der Waals surface area contributed by atoms with E-state index in [0.717, 1.165) is 19.5 Å². The van der Waals surface area contributed by atoms with Gasteiger partial charge in [0.15, 0.2) is 0 Å². The maximum absolute atomic E-state index is 5.96. The van der Waals surface area contributed by atoms with Crippen molar-refractivity contribution in [2.75, 3.05) is 13.1 Å². The van der Waals surface area contributed by atoms with Gasteiger partial charge in [0.2, 0.25) is 0 Å². The first kappa shape index (κ1) is 17.2. The summed E-state index contributed by atoms with van der Waals surface area (Å²) in [5.41, 5.74) is 7.17. The van der Waals surface area contributed by atoms with Crippen molar-refractivity contribution in [2.24, 2.45) is 23.5 Å². The molecule has 1 heterocycles. The lowest BCUT2D eigenvalue weighted by molar-refractivity contribution is 0.264. The van der Waals surface area contributed by atoms with Crippen LogP contribution < -0.4 is 11.1 Å². The molecule has 1 unspecified atom stereocenters. The average molecular weight is 280 g/mol. The van der Waals surface area contributed by atoms with Crippen LogP contribution in [0.2, 0.25) is 0 Å². The number of aromatic nitrogens is 2. The number of hydrogen-bond donors (Lipinski definition) is 2. The fraction of sp³-hybridized carbons (Fsp3) is 0.812. The third kappa shape index (κ3) is 4.60. The van der Waals surface area contributed by atoms with Crippen molar-refractivity contribution in [1.82, 2.24) is 14.9 Å². The van der Waals surface area contributed by atoms with Gasteiger partial charge in [-0.3, -0.25) is 0 Å². The predicted molar refractivity (Wildman–Crippen MR) is 85.5 cm³/mol. The molecule has 0 aliphatic carbocycles. The number of hydrogen-bond acceptors (Lipinski definition) is 3. The minimum absolute atomic E-state index is 0.198. The third-order valence-electron chi connectivity index (χ3n) is 4.11. The Bertz CT molecular complexity index is 362. The molecule has 0 aromatic carbocycles. The lowest BCUT2D eigenvalue weighted by atomic mass is 9.85. The van der Waals surface area contributed by atoms with Gasteiger partial charge in [-0.2, -0.15) is 0 Å². The minimum Gasteiger partial charge on any atom is -0.333 e. The first-order valence-electron chi connectivity index (χ1n) is 7.94. The summed E-state index contributed by atoms with van der Waals surface area (Å²) in [4.78, 5) is 4.27. The Balaban J connectivity index is 2.69. The Morgan fingerprint density at radius 1 is 1.25 bits per heavy atom. The van der Waals surface area contributed by atoms with Crippen LogP contribution in [-0.4, -0.2) is 22.6 Å². The molecule has 4 heteroatoms. The lowest BCUT2D eigenvalue weighted by Gasteiger charge is -2.28. The summed E-state index contributed by atoms with van der Waals surface area (Å²) in [7, 11) is 0. The van der Waals surface area contributed by atoms with Gasteiger partial charge in [0, 0.05) is 19.3 Å². The van der Waals surface area contributed by atoms with Crippen LogP contribution in [0.1, 0.15) is 52.8 Å². The zero-order valence-electron chi connectivity index (χ0n) is 13.8. The maximum atomic E-state index is 5.96. The first-order chi connectivity index (χ1) is 9.51. The van der Waals surface area contributed by atoms with Crippen molar-refractivity contribution < 1.29 is 0 Å². The molecule has 0 radical (unpaired) electrons. The van der Waals surface area contributed by atoms with Crippen molar-refractivity contribution in [3.8, 4) is 0 Å². The van der Waals surface area contributed by atoms with Crippen molar-refractivity contribution in [3.63, 3.8) is 0 Å². The molecule has 0 amide bonds. The smallest absolute Gasteiger partial charge is 0.0948 e. The van der Waals surface area contributed by atoms with Gasteiger partial charge in [-0.25, -0.2) is 4.98 Å². The summed E-state index contributed by atoms with van der Waals surface area (Å²) in [6, 6.07) is 0.198. The normalized spacial score (nSPS) is 13.7. The molecule has 0 saturated heterocycles. The fourth-order valence-electron chi connectivity index (χ4n) is 2.88. The van der Waals surface area contributed by atoms with Gasteiger partial charge in [-0.15, -0.1) is 0 Å². The summed E-state index contributed by atoms with van der Waals surface area (Å²) in [5, 5.41) is 3.65. The number of nitrogens with zero attached hydrogens (tertiary/aromatic N) is 2. The van der Waals surface area contributed by atoms with Crippen molar-refractivity contribution in [1.29, 1.82) is 0 Å². The topological polar surface area (TPSA) is 55.9 Å². The molecule has 1 aromatic rings. The van der Waals surface area contributed by atoms with E-state index in [1.165, 1.54) is 5.69 Å². The zero-order chi connectivity index (χ0) is 15.1. The van der Waals surface area contributed by atoms with Gasteiger partial charge in [0.25, 0.3) is 0 Å². The van der Waals surface area contributed by atoms with E-state index in [0.29, 0.717) is 24.3 Å². The Morgan fingerprint density at radius 3 is 2.40 bits per heavy atom. The third-order valence-corrected chi connectivity index (χ3v) is 4.11. The van der Waals surface area contributed by atoms with Gasteiger partial charge < -0.3 is 15.6 Å². The average Bonchev–Trinajstić information content (AvgIpc) is 2.82. The van der Waals surface area contributed by atoms with E-state index in [-0.39, 0.29) is 6.04 Å². The molecule has 0 spiro atoms. The van der Waals surface area contributed by atoms with Crippen LogP contribution in [0.25, 0.3) is 0 Å². The number of rotatable bonds is 9. The van der Waals surface area contributed by atoms with Crippen LogP contribution in [-0.2, 0) is 6.54 Å². The molecule has 1 atom stereocenters. The van der Waals surface area contributed by atoms with Crippen molar-refractivity contribution in [2.45, 2.75) is 53.6 Å². The predicted octanol–water partition coefficient (Wildman–Crippen LogP) is 2.81. The zero-order valence-corrected chi connectivity index (χ0v) is 13.8. The van der Waals surface area contributed by atoms with E-state index >= 15 is 0 Å². The fourth-order valence-corrected chi connectivity index (χ4v) is 2.88. The SMILES string of the molecule is CCCn1cncc1C(CN)NCC(C(C)C)C(C)C. The van der Waals surface area contributed by atoms with E-state index in [4.69, 9.17) is 5.73 Å². The van der Waals surface area contributed by atoms with E-state index in [9.17, 15) is 0 Å². The largest absolute Gasteiger partial charge is 0.333 e. The standard InChI is InChI=1S/C16H32N4/c1-6-7-20-11-18-10-16(20)15(8-17)19-9-14(12(2)3)13(4)5/h10-15,19H,6-9,17H2,1-5H3. The number of imidazole rings is 1. The number of nitrogens with two attached hydrogens (primary N) is 1. The van der Waals surface area contributed by atoms with E-state index in [2.05, 4.69) is 49.5 Å². The number of nitrogens with one attached hydrogen (secondary N) is 1. The molecule has 0 bridgehead atoms. The van der Waals surface area contributed by atoms with E-state index < -0.39 is 0 Å². The summed E-state index contributed by atoms with van der Waals surface area (Å²) in [6.07, 6.45) is 4.97. The lowest BCUT2D eigenvalue weighted by Crippen LogP contribution is -2.36. The summed E-state index contributed by atoms with van der Waals surface area (Å²) < 4.78 is 2.21. The van der Waals surface area contributed by atoms with Crippen molar-refractivity contribution in [3.05, 3.63) is 18.2 Å². The maximum Gasteiger partial charge on any atom is 0.0948 e. The van der Waals surface area contributed by atoms with Gasteiger partial charge in [-0.1, -0.05) is 34.6 Å². The Labute approximate surface area is 124 Å². The minimum atomic E-state index is 0.198. The molecule has 0 aliphatic heterocycles. The molecule has 20 heavy (non-hydrogen) atoms. The van der Waals surface area contributed by atoms with Crippen LogP contribution in [0.15, 0.2) is 12.5 Å². The van der Waals surface area contributed by atoms with Gasteiger partial charge in [0.1, 0.15) is 0 Å². The van der Waals surface area contributed by atoms with Crippen LogP contribution >= 0.6 is 0 Å². The Kier molecular flexibility index (Phi) is 7.24. The van der Waals surface area contributed by atoms with Crippen molar-refractivity contribution >= 4 is 0 Å². The van der Waals surface area contributed by atoms with E-state index in [1.54, 1.807) is 0 Å². The first-order valence-corrected chi connectivity index (χ1v) is 7.94. The Hall–Kier alpha value is -0.870. The quantitative estimate of drug-likeness (QED) is 0.731. The van der Waals surface area contributed by atoms with E-state index in [1.807, 2.05) is 12.5 Å². The second kappa shape index (κ2) is 8.42. The molecular weight excluding hydrogens is 248 g/mol. The summed E-state index contributed by atoms with van der Waals surface area (Å²) >= 11 is 0. The van der Waals surface area contributed by atoms with Crippen LogP contribution in [0.3, 0.4) is 0 Å². The summed E-state index contributed by atoms with van der Waals surface area (Å²) in [5.74, 6) is 2.04. The summed E-state index contributed by atoms with van der Waals surface area (Å²) in [6.45, 7) is 14.0. The van der Waals surface area contributed by atoms with Crippen LogP contribution in [0, 0.1) is 17.8 Å². The molecule has 4 nitrogen and oxygen atoms in total. The molecule has 1 rings (SSSR count). The second-order valence-electron chi connectivity index (χ2n) is 6.36. The Morgan fingerprint density at radius 2 is 1.90 bits per heavy atom. The number of aryl methyl sites for hydroxylation is 1. The molecule has 0 fully saturated rings. The molecule has 0 aliphatic rings. The molecular formula is C16H32N4.